The highest BCUT2D eigenvalue weighted by Crippen LogP contribution is 2.34. The molecule has 33 heavy (non-hydrogen) atoms. The summed E-state index contributed by atoms with van der Waals surface area (Å²) < 4.78 is 108. The largest absolute Gasteiger partial charge is 0.493 e. The molecule has 0 saturated carbocycles. The fourth-order valence-corrected chi connectivity index (χ4v) is 3.15. The van der Waals surface area contributed by atoms with E-state index in [1.165, 1.54) is 20.3 Å². The van der Waals surface area contributed by atoms with Gasteiger partial charge in [-0.3, -0.25) is 4.79 Å². The van der Waals surface area contributed by atoms with E-state index in [2.05, 4.69) is 9.97 Å². The van der Waals surface area contributed by atoms with Crippen LogP contribution in [0.1, 0.15) is 13.7 Å². The zero-order valence-corrected chi connectivity index (χ0v) is 17.5. The second-order valence-corrected chi connectivity index (χ2v) is 6.77. The third-order valence-electron chi connectivity index (χ3n) is 4.76. The number of nitrogen functional groups attached to an aromatic ring is 1. The van der Waals surface area contributed by atoms with Crippen LogP contribution < -0.4 is 29.6 Å². The quantitative estimate of drug-likeness (QED) is 0.620. The normalized spacial score (nSPS) is 28.2. The molecule has 0 aliphatic carbocycles. The molecule has 1 amide bonds. The van der Waals surface area contributed by atoms with Crippen molar-refractivity contribution >= 4 is 28.6 Å². The Morgan fingerprint density at radius 3 is 2.55 bits per heavy atom. The Hall–Kier alpha value is -3.95. The third kappa shape index (κ3) is 3.88. The lowest BCUT2D eigenvalue weighted by molar-refractivity contribution is -0.141. The van der Waals surface area contributed by atoms with Gasteiger partial charge in [0.05, 0.1) is 33.4 Å². The van der Waals surface area contributed by atoms with Crippen LogP contribution in [-0.2, 0) is 4.79 Å². The van der Waals surface area contributed by atoms with Crippen molar-refractivity contribution in [2.45, 2.75) is 6.10 Å². The summed E-state index contributed by atoms with van der Waals surface area (Å²) in [7, 11) is 2.42. The first-order chi connectivity index (χ1) is 19.9. The van der Waals surface area contributed by atoms with Gasteiger partial charge in [-0.15, -0.1) is 0 Å². The molecule has 0 spiro atoms. The second-order valence-electron chi connectivity index (χ2n) is 6.77. The zero-order chi connectivity index (χ0) is 31.9. The fourth-order valence-electron chi connectivity index (χ4n) is 3.15. The number of ether oxygens (including phenoxy) is 4. The molecule has 2 aromatic carbocycles. The molecule has 3 aromatic rings. The lowest BCUT2D eigenvalue weighted by Crippen LogP contribution is -2.54. The van der Waals surface area contributed by atoms with Crippen molar-refractivity contribution in [1.29, 1.82) is 0 Å². The van der Waals surface area contributed by atoms with Crippen molar-refractivity contribution in [3.8, 4) is 23.0 Å². The number of fused-ring (bicyclic) bond motifs is 2. The van der Waals surface area contributed by atoms with Gasteiger partial charge in [0.1, 0.15) is 12.4 Å². The molecule has 2 N–H and O–H groups in total. The van der Waals surface area contributed by atoms with Gasteiger partial charge in [-0.05, 0) is 18.2 Å². The zero-order valence-electron chi connectivity index (χ0n) is 27.5. The maximum atomic E-state index is 13.6. The van der Waals surface area contributed by atoms with Crippen molar-refractivity contribution < 1.29 is 37.4 Å². The Labute approximate surface area is 204 Å². The standard InChI is InChI=1S/C23H25N5O5/c1-30-18-11-14-15(12-19(18)31-2)25-23(26-21(14)24)28-9-7-27(8-10-28)22(29)20-13-32-16-5-3-4-6-17(16)33-20/h3-6,11-12,20H,7-10,13H2,1-2H3,(H2,24,25,26)/i7D2,8D2,9D2,10D2,11D,12D. The molecule has 1 aromatic heterocycles. The molecule has 0 bridgehead atoms. The number of benzene rings is 2. The average Bonchev–Trinajstić information content (AvgIpc) is 2.93. The average molecular weight is 462 g/mol. The van der Waals surface area contributed by atoms with Crippen LogP contribution in [0.3, 0.4) is 0 Å². The summed E-state index contributed by atoms with van der Waals surface area (Å²) in [5.74, 6) is -2.94. The highest BCUT2D eigenvalue weighted by Gasteiger charge is 2.33. The van der Waals surface area contributed by atoms with Crippen molar-refractivity contribution in [3.05, 3.63) is 36.4 Å². The third-order valence-corrected chi connectivity index (χ3v) is 4.76. The van der Waals surface area contributed by atoms with Gasteiger partial charge < -0.3 is 34.5 Å². The van der Waals surface area contributed by atoms with E-state index < -0.39 is 74.0 Å². The summed E-state index contributed by atoms with van der Waals surface area (Å²) in [5.41, 5.74) is 5.67. The molecule has 1 saturated heterocycles. The van der Waals surface area contributed by atoms with Gasteiger partial charge in [0, 0.05) is 37.4 Å². The van der Waals surface area contributed by atoms with Gasteiger partial charge in [-0.1, -0.05) is 12.1 Å². The van der Waals surface area contributed by atoms with E-state index in [9.17, 15) is 4.79 Å². The number of methoxy groups -OCH3 is 2. The minimum absolute atomic E-state index is 0.00707. The SMILES string of the molecule is [2H]c1c(OC)c(OC)c([2H])c2c(N)nc(N3C([2H])([2H])C([2H])([2H])N(C(=O)C4COc5ccccc5O4)C([2H])([2H])C3([2H])[2H])nc12. The number of aromatic nitrogens is 2. The van der Waals surface area contributed by atoms with E-state index in [4.69, 9.17) is 38.4 Å². The summed E-state index contributed by atoms with van der Waals surface area (Å²) in [5, 5.41) is -0.220. The summed E-state index contributed by atoms with van der Waals surface area (Å²) in [6, 6.07) is 5.36. The van der Waals surface area contributed by atoms with Crippen molar-refractivity contribution in [3.63, 3.8) is 0 Å². The fraction of sp³-hybridized carbons (Fsp3) is 0.348. The molecule has 0 radical (unpaired) electrons. The summed E-state index contributed by atoms with van der Waals surface area (Å²) >= 11 is 0. The van der Waals surface area contributed by atoms with Gasteiger partial charge in [0.25, 0.3) is 5.91 Å². The highest BCUT2D eigenvalue weighted by atomic mass is 16.6. The molecule has 5 rings (SSSR count). The molecule has 3 heterocycles. The number of amides is 1. The Morgan fingerprint density at radius 1 is 1.12 bits per heavy atom. The molecule has 1 atom stereocenters. The summed E-state index contributed by atoms with van der Waals surface area (Å²) in [6.45, 7) is -14.8. The smallest absolute Gasteiger partial charge is 0.267 e. The first kappa shape index (κ1) is 12.3. The molecule has 10 heteroatoms. The molecule has 2 aliphatic rings. The molecule has 1 fully saturated rings. The lowest BCUT2D eigenvalue weighted by atomic mass is 10.2. The number of nitrogens with two attached hydrogens (primary N) is 1. The Balaban J connectivity index is 1.65. The summed E-state index contributed by atoms with van der Waals surface area (Å²) in [6.07, 6.45) is -1.64. The first-order valence-electron chi connectivity index (χ1n) is 14.7. The molecule has 1 unspecified atom stereocenters. The van der Waals surface area contributed by atoms with Crippen LogP contribution in [0.4, 0.5) is 11.8 Å². The van der Waals surface area contributed by atoms with E-state index in [0.29, 0.717) is 0 Å². The number of hydrogen-bond acceptors (Lipinski definition) is 9. The number of carbonyl (C=O) groups is 1. The van der Waals surface area contributed by atoms with Crippen LogP contribution in [0.2, 0.25) is 0 Å². The Kier molecular flexibility index (Phi) is 3.19. The number of anilines is 2. The number of nitrogens with zero attached hydrogens (tertiary/aromatic N) is 4. The van der Waals surface area contributed by atoms with Crippen molar-refractivity contribution in [2.75, 3.05) is 57.4 Å². The maximum absolute atomic E-state index is 13.6. The topological polar surface area (TPSA) is 112 Å². The molecular weight excluding hydrogens is 426 g/mol. The molecular formula is C23H25N5O5. The Bertz CT molecular complexity index is 1610. The van der Waals surface area contributed by atoms with Gasteiger partial charge in [-0.25, -0.2) is 4.98 Å². The van der Waals surface area contributed by atoms with Crippen LogP contribution in [0.5, 0.6) is 23.0 Å². The van der Waals surface area contributed by atoms with Crippen LogP contribution in [0.15, 0.2) is 36.4 Å². The Morgan fingerprint density at radius 2 is 1.82 bits per heavy atom. The van der Waals surface area contributed by atoms with Gasteiger partial charge in [0.2, 0.25) is 12.1 Å². The van der Waals surface area contributed by atoms with Crippen LogP contribution in [-0.4, -0.2) is 73.7 Å². The predicted octanol–water partition coefficient (Wildman–Crippen LogP) is 1.72. The molecule has 172 valence electrons. The number of hydrogen-bond donors (Lipinski definition) is 1. The maximum Gasteiger partial charge on any atom is 0.267 e. The van der Waals surface area contributed by atoms with Crippen molar-refractivity contribution in [1.82, 2.24) is 14.9 Å². The predicted molar refractivity (Wildman–Crippen MR) is 122 cm³/mol. The van der Waals surface area contributed by atoms with E-state index >= 15 is 0 Å². The molecule has 2 aliphatic heterocycles. The summed E-state index contributed by atoms with van der Waals surface area (Å²) in [4.78, 5) is 21.4. The van der Waals surface area contributed by atoms with Gasteiger partial charge >= 0.3 is 0 Å². The molecule has 10 nitrogen and oxygen atoms in total. The lowest BCUT2D eigenvalue weighted by Gasteiger charge is -2.37. The van der Waals surface area contributed by atoms with E-state index in [1.807, 2.05) is 0 Å². The van der Waals surface area contributed by atoms with Crippen molar-refractivity contribution in [2.24, 2.45) is 0 Å². The van der Waals surface area contributed by atoms with Gasteiger partial charge in [-0.2, -0.15) is 4.98 Å². The minimum Gasteiger partial charge on any atom is -0.493 e. The van der Waals surface area contributed by atoms with Crippen LogP contribution in [0, 0.1) is 0 Å². The number of piperazine rings is 1. The number of para-hydroxylation sites is 2. The number of rotatable bonds is 4. The van der Waals surface area contributed by atoms with Crippen LogP contribution in [0.25, 0.3) is 10.9 Å². The first-order valence-corrected chi connectivity index (χ1v) is 9.66. The highest BCUT2D eigenvalue weighted by molar-refractivity contribution is 5.91. The monoisotopic (exact) mass is 461 g/mol. The van der Waals surface area contributed by atoms with E-state index in [1.54, 1.807) is 18.2 Å². The van der Waals surface area contributed by atoms with Crippen LogP contribution >= 0.6 is 0 Å². The number of carbonyl (C=O) groups excluding carboxylic acids is 1. The van der Waals surface area contributed by atoms with E-state index in [-0.39, 0.29) is 38.2 Å². The van der Waals surface area contributed by atoms with Gasteiger partial charge in [0.15, 0.2) is 23.0 Å². The minimum atomic E-state index is -3.59. The second kappa shape index (κ2) is 8.53. The van der Waals surface area contributed by atoms with E-state index in [0.717, 1.165) is 0 Å².